The van der Waals surface area contributed by atoms with Crippen LogP contribution in [0.5, 0.6) is 5.75 Å². The van der Waals surface area contributed by atoms with Gasteiger partial charge in [-0.2, -0.15) is 0 Å². The number of benzene rings is 5. The van der Waals surface area contributed by atoms with Gasteiger partial charge in [0, 0.05) is 22.1 Å². The Bertz CT molecular complexity index is 1740. The molecule has 5 aromatic carbocycles. The van der Waals surface area contributed by atoms with Gasteiger partial charge in [0.1, 0.15) is 17.1 Å². The Morgan fingerprint density at radius 2 is 1.11 bits per heavy atom. The Kier molecular flexibility index (Phi) is 6.12. The fourth-order valence-electron chi connectivity index (χ4n) is 4.55. The maximum absolute atomic E-state index is 13.6. The van der Waals surface area contributed by atoms with E-state index in [9.17, 15) is 9.59 Å². The van der Waals surface area contributed by atoms with E-state index in [0.717, 1.165) is 22.1 Å². The summed E-state index contributed by atoms with van der Waals surface area (Å²) in [6.07, 6.45) is 0. The molecule has 0 aliphatic carbocycles. The summed E-state index contributed by atoms with van der Waals surface area (Å²) in [6.45, 7) is 0. The van der Waals surface area contributed by atoms with Crippen LogP contribution in [0.4, 0.5) is 0 Å². The average Bonchev–Trinajstić information content (AvgIpc) is 3.36. The van der Waals surface area contributed by atoms with Crippen LogP contribution < -0.4 is 4.74 Å². The summed E-state index contributed by atoms with van der Waals surface area (Å²) >= 11 is 0. The number of carbonyl (C=O) groups excluding carboxylic acids is 2. The molecular weight excluding hydrogens is 472 g/mol. The Hall–Kier alpha value is -5.22. The third kappa shape index (κ3) is 4.40. The van der Waals surface area contributed by atoms with Crippen LogP contribution in [0.15, 0.2) is 138 Å². The number of hydrogen-bond acceptors (Lipinski definition) is 4. The number of fused-ring (bicyclic) bond motifs is 1. The zero-order valence-corrected chi connectivity index (χ0v) is 20.3. The molecule has 4 nitrogen and oxygen atoms in total. The Morgan fingerprint density at radius 1 is 0.579 bits per heavy atom. The second-order valence-electron chi connectivity index (χ2n) is 8.83. The van der Waals surface area contributed by atoms with Crippen LogP contribution in [0, 0.1) is 0 Å². The summed E-state index contributed by atoms with van der Waals surface area (Å²) in [7, 11) is 0. The molecule has 0 unspecified atom stereocenters. The first kappa shape index (κ1) is 23.2. The van der Waals surface area contributed by atoms with E-state index in [1.807, 2.05) is 72.8 Å². The molecule has 0 amide bonds. The van der Waals surface area contributed by atoms with Gasteiger partial charge < -0.3 is 9.15 Å². The summed E-state index contributed by atoms with van der Waals surface area (Å²) in [5.74, 6) is 0.0524. The molecule has 1 aromatic heterocycles. The topological polar surface area (TPSA) is 56.5 Å². The fraction of sp³-hybridized carbons (Fsp3) is 0. The van der Waals surface area contributed by atoms with Crippen LogP contribution in [0.1, 0.15) is 26.3 Å². The summed E-state index contributed by atoms with van der Waals surface area (Å²) in [6, 6.07) is 40.8. The molecule has 4 heteroatoms. The van der Waals surface area contributed by atoms with Gasteiger partial charge in [0.05, 0.1) is 11.1 Å². The second-order valence-corrected chi connectivity index (χ2v) is 8.83. The van der Waals surface area contributed by atoms with Crippen LogP contribution in [0.25, 0.3) is 33.4 Å². The highest BCUT2D eigenvalue weighted by Crippen LogP contribution is 2.43. The molecule has 1 heterocycles. The largest absolute Gasteiger partial charge is 0.455 e. The predicted octanol–water partition coefficient (Wildman–Crippen LogP) is 8.22. The normalized spacial score (nSPS) is 10.8. The molecule has 38 heavy (non-hydrogen) atoms. The number of ether oxygens (including phenoxy) is 1. The number of rotatable bonds is 6. The van der Waals surface area contributed by atoms with Gasteiger partial charge in [-0.3, -0.25) is 4.79 Å². The lowest BCUT2D eigenvalue weighted by Gasteiger charge is -2.11. The quantitative estimate of drug-likeness (QED) is 0.133. The minimum Gasteiger partial charge on any atom is -0.455 e. The van der Waals surface area contributed by atoms with Gasteiger partial charge in [-0.05, 0) is 29.8 Å². The molecule has 0 aliphatic rings. The second kappa shape index (κ2) is 10.0. The lowest BCUT2D eigenvalue weighted by atomic mass is 9.96. The summed E-state index contributed by atoms with van der Waals surface area (Å²) in [4.78, 5) is 26.7. The van der Waals surface area contributed by atoms with E-state index < -0.39 is 5.97 Å². The molecule has 0 saturated heterocycles. The number of carbonyl (C=O) groups is 2. The SMILES string of the molecule is O=C(Oc1cc2c(-c3ccccc3)c(-c3ccccc3)oc2cc1C(=O)c1ccccc1)c1ccccc1. The Morgan fingerprint density at radius 3 is 1.71 bits per heavy atom. The van der Waals surface area contributed by atoms with E-state index in [1.54, 1.807) is 60.7 Å². The van der Waals surface area contributed by atoms with Crippen molar-refractivity contribution in [2.75, 3.05) is 0 Å². The molecule has 0 spiro atoms. The van der Waals surface area contributed by atoms with Crippen LogP contribution in [0.2, 0.25) is 0 Å². The van der Waals surface area contributed by atoms with Crippen molar-refractivity contribution in [1.82, 2.24) is 0 Å². The molecule has 6 aromatic rings. The van der Waals surface area contributed by atoms with Gasteiger partial charge in [0.25, 0.3) is 0 Å². The van der Waals surface area contributed by atoms with Crippen LogP contribution >= 0.6 is 0 Å². The van der Waals surface area contributed by atoms with Crippen molar-refractivity contribution in [1.29, 1.82) is 0 Å². The van der Waals surface area contributed by atoms with E-state index >= 15 is 0 Å². The van der Waals surface area contributed by atoms with Gasteiger partial charge in [-0.1, -0.05) is 109 Å². The number of furan rings is 1. The van der Waals surface area contributed by atoms with E-state index in [-0.39, 0.29) is 17.1 Å². The summed E-state index contributed by atoms with van der Waals surface area (Å²) in [5.41, 5.74) is 4.38. The number of hydrogen-bond donors (Lipinski definition) is 0. The molecule has 0 saturated carbocycles. The molecule has 0 bridgehead atoms. The third-order valence-corrected chi connectivity index (χ3v) is 6.38. The minimum atomic E-state index is -0.542. The van der Waals surface area contributed by atoms with E-state index in [2.05, 4.69) is 0 Å². The van der Waals surface area contributed by atoms with Crippen LogP contribution in [-0.2, 0) is 0 Å². The fourth-order valence-corrected chi connectivity index (χ4v) is 4.55. The zero-order chi connectivity index (χ0) is 25.9. The Balaban J connectivity index is 1.59. The van der Waals surface area contributed by atoms with Crippen molar-refractivity contribution in [3.63, 3.8) is 0 Å². The third-order valence-electron chi connectivity index (χ3n) is 6.38. The molecular formula is C34H22O4. The zero-order valence-electron chi connectivity index (χ0n) is 20.3. The van der Waals surface area contributed by atoms with Gasteiger partial charge in [0.15, 0.2) is 5.78 Å². The van der Waals surface area contributed by atoms with Gasteiger partial charge in [0.2, 0.25) is 0 Å². The maximum atomic E-state index is 13.6. The highest BCUT2D eigenvalue weighted by Gasteiger charge is 2.24. The molecule has 0 fully saturated rings. The predicted molar refractivity (Wildman–Crippen MR) is 148 cm³/mol. The smallest absolute Gasteiger partial charge is 0.343 e. The summed E-state index contributed by atoms with van der Waals surface area (Å²) in [5, 5.41) is 0.746. The molecule has 0 aliphatic heterocycles. The molecule has 6 rings (SSSR count). The monoisotopic (exact) mass is 494 g/mol. The van der Waals surface area contributed by atoms with E-state index in [1.165, 1.54) is 0 Å². The first-order valence-electron chi connectivity index (χ1n) is 12.3. The first-order valence-corrected chi connectivity index (χ1v) is 12.3. The molecule has 0 radical (unpaired) electrons. The van der Waals surface area contributed by atoms with Gasteiger partial charge >= 0.3 is 5.97 Å². The number of esters is 1. The highest BCUT2D eigenvalue weighted by molar-refractivity contribution is 6.14. The van der Waals surface area contributed by atoms with Crippen molar-refractivity contribution in [3.05, 3.63) is 150 Å². The maximum Gasteiger partial charge on any atom is 0.343 e. The average molecular weight is 495 g/mol. The minimum absolute atomic E-state index is 0.179. The van der Waals surface area contributed by atoms with Gasteiger partial charge in [-0.15, -0.1) is 0 Å². The van der Waals surface area contributed by atoms with Crippen molar-refractivity contribution < 1.29 is 18.7 Å². The van der Waals surface area contributed by atoms with Crippen molar-refractivity contribution in [2.45, 2.75) is 0 Å². The molecule has 0 atom stereocenters. The number of ketones is 1. The standard InChI is InChI=1S/C34H22O4/c35-32(24-15-7-2-8-16-24)28-22-29-27(21-30(28)38-34(36)26-19-11-4-12-20-26)31(23-13-5-1-6-14-23)33(37-29)25-17-9-3-10-18-25/h1-22H. The van der Waals surface area contributed by atoms with Crippen molar-refractivity contribution in [3.8, 4) is 28.2 Å². The van der Waals surface area contributed by atoms with E-state index in [4.69, 9.17) is 9.15 Å². The van der Waals surface area contributed by atoms with Crippen LogP contribution in [0.3, 0.4) is 0 Å². The first-order chi connectivity index (χ1) is 18.7. The lowest BCUT2D eigenvalue weighted by molar-refractivity contribution is 0.0733. The molecule has 0 N–H and O–H groups in total. The highest BCUT2D eigenvalue weighted by atomic mass is 16.5. The Labute approximate surface area is 219 Å². The van der Waals surface area contributed by atoms with Crippen LogP contribution in [-0.4, -0.2) is 11.8 Å². The lowest BCUT2D eigenvalue weighted by Crippen LogP contribution is -2.12. The molecule has 182 valence electrons. The van der Waals surface area contributed by atoms with Crippen molar-refractivity contribution >= 4 is 22.7 Å². The summed E-state index contributed by atoms with van der Waals surface area (Å²) < 4.78 is 12.3. The van der Waals surface area contributed by atoms with Crippen molar-refractivity contribution in [2.24, 2.45) is 0 Å². The van der Waals surface area contributed by atoms with E-state index in [0.29, 0.717) is 22.5 Å². The van der Waals surface area contributed by atoms with Gasteiger partial charge in [-0.25, -0.2) is 4.79 Å².